The van der Waals surface area contributed by atoms with Gasteiger partial charge in [0.15, 0.2) is 0 Å². The molecular formula is C19H19FN6O2S. The molecule has 8 nitrogen and oxygen atoms in total. The molecule has 0 unspecified atom stereocenters. The molecule has 150 valence electrons. The van der Waals surface area contributed by atoms with Gasteiger partial charge in [-0.1, -0.05) is 0 Å². The van der Waals surface area contributed by atoms with Crippen LogP contribution in [0.2, 0.25) is 0 Å². The summed E-state index contributed by atoms with van der Waals surface area (Å²) in [5, 5.41) is 4.03. The van der Waals surface area contributed by atoms with Crippen molar-refractivity contribution in [2.45, 2.75) is 19.5 Å². The van der Waals surface area contributed by atoms with Crippen LogP contribution in [0.5, 0.6) is 0 Å². The molecule has 0 bridgehead atoms. The lowest BCUT2D eigenvalue weighted by Gasteiger charge is -2.08. The van der Waals surface area contributed by atoms with Crippen LogP contribution in [0.4, 0.5) is 10.2 Å². The summed E-state index contributed by atoms with van der Waals surface area (Å²) >= 11 is 1.54. The Hall–Kier alpha value is -3.11. The maximum atomic E-state index is 12.7. The van der Waals surface area contributed by atoms with E-state index in [-0.39, 0.29) is 24.7 Å². The van der Waals surface area contributed by atoms with Gasteiger partial charge in [0.25, 0.3) is 0 Å². The average molecular weight is 414 g/mol. The van der Waals surface area contributed by atoms with Crippen molar-refractivity contribution < 1.29 is 9.18 Å². The zero-order chi connectivity index (χ0) is 20.5. The van der Waals surface area contributed by atoms with E-state index in [2.05, 4.69) is 10.1 Å². The number of amides is 1. The topological polar surface area (TPSA) is 99.0 Å². The quantitative estimate of drug-likeness (QED) is 0.660. The second-order valence-corrected chi connectivity index (χ2v) is 7.94. The van der Waals surface area contributed by atoms with Crippen molar-refractivity contribution in [2.24, 2.45) is 5.73 Å². The largest absolute Gasteiger partial charge is 0.346 e. The molecule has 10 heteroatoms. The molecule has 0 fully saturated rings. The summed E-state index contributed by atoms with van der Waals surface area (Å²) in [6.45, 7) is 0.420. The Kier molecular flexibility index (Phi) is 5.12. The van der Waals surface area contributed by atoms with Crippen LogP contribution in [0.1, 0.15) is 10.4 Å². The zero-order valence-electron chi connectivity index (χ0n) is 15.7. The molecular weight excluding hydrogens is 395 g/mol. The van der Waals surface area contributed by atoms with Crippen LogP contribution in [-0.2, 0) is 24.3 Å². The number of carbonyl (C=O) groups excluding carboxylic acids is 1. The lowest BCUT2D eigenvalue weighted by Crippen LogP contribution is -2.26. The minimum Gasteiger partial charge on any atom is -0.327 e. The maximum Gasteiger partial charge on any atom is 0.346 e. The molecule has 0 atom stereocenters. The molecule has 3 aromatic rings. The molecule has 4 rings (SSSR count). The van der Waals surface area contributed by atoms with Crippen molar-refractivity contribution in [3.63, 3.8) is 0 Å². The molecule has 1 aliphatic heterocycles. The molecule has 0 spiro atoms. The van der Waals surface area contributed by atoms with Crippen LogP contribution in [0.25, 0.3) is 10.4 Å². The Morgan fingerprint density at radius 2 is 2.21 bits per heavy atom. The minimum atomic E-state index is -0.325. The molecule has 0 aromatic carbocycles. The third-order valence-corrected chi connectivity index (χ3v) is 5.93. The fraction of sp³-hybridized carbons (Fsp3) is 0.263. The highest BCUT2D eigenvalue weighted by Crippen LogP contribution is 2.33. The van der Waals surface area contributed by atoms with Crippen LogP contribution in [0.3, 0.4) is 0 Å². The van der Waals surface area contributed by atoms with Crippen LogP contribution >= 0.6 is 11.3 Å². The third kappa shape index (κ3) is 3.64. The van der Waals surface area contributed by atoms with Crippen molar-refractivity contribution >= 4 is 23.1 Å². The summed E-state index contributed by atoms with van der Waals surface area (Å²) in [7, 11) is 1.72. The summed E-state index contributed by atoms with van der Waals surface area (Å²) in [6, 6.07) is 5.90. The SMILES string of the molecule is CN1C(=O)Cc2cc(-c3ccc(Cn4cnn(C/C(=C/F)CN)c4=O)s3)cnc21. The third-order valence-electron chi connectivity index (χ3n) is 4.81. The van der Waals surface area contributed by atoms with Gasteiger partial charge in [-0.3, -0.25) is 14.3 Å². The Balaban J connectivity index is 1.53. The molecule has 2 N–H and O–H groups in total. The van der Waals surface area contributed by atoms with Gasteiger partial charge < -0.3 is 5.73 Å². The van der Waals surface area contributed by atoms with Gasteiger partial charge in [0, 0.05) is 40.7 Å². The predicted octanol–water partition coefficient (Wildman–Crippen LogP) is 1.55. The number of fused-ring (bicyclic) bond motifs is 1. The summed E-state index contributed by atoms with van der Waals surface area (Å²) in [5.74, 6) is 0.738. The molecule has 29 heavy (non-hydrogen) atoms. The fourth-order valence-corrected chi connectivity index (χ4v) is 4.17. The van der Waals surface area contributed by atoms with Crippen LogP contribution < -0.4 is 16.3 Å². The number of hydrogen-bond donors (Lipinski definition) is 1. The van der Waals surface area contributed by atoms with Gasteiger partial charge in [0.2, 0.25) is 5.91 Å². The number of aromatic nitrogens is 4. The Bertz CT molecular complexity index is 1160. The van der Waals surface area contributed by atoms with Crippen molar-refractivity contribution in [1.29, 1.82) is 0 Å². The first-order valence-electron chi connectivity index (χ1n) is 8.95. The van der Waals surface area contributed by atoms with E-state index in [0.29, 0.717) is 30.7 Å². The molecule has 0 saturated heterocycles. The van der Waals surface area contributed by atoms with Gasteiger partial charge in [0.1, 0.15) is 12.1 Å². The van der Waals surface area contributed by atoms with E-state index >= 15 is 0 Å². The molecule has 1 amide bonds. The highest BCUT2D eigenvalue weighted by Gasteiger charge is 2.25. The van der Waals surface area contributed by atoms with Gasteiger partial charge in [-0.25, -0.2) is 18.9 Å². The fourth-order valence-electron chi connectivity index (χ4n) is 3.18. The molecule has 0 radical (unpaired) electrons. The first kappa shape index (κ1) is 19.2. The van der Waals surface area contributed by atoms with Crippen molar-refractivity contribution in [3.05, 3.63) is 63.6 Å². The number of carbonyl (C=O) groups is 1. The van der Waals surface area contributed by atoms with Crippen LogP contribution in [0.15, 0.2) is 47.4 Å². The lowest BCUT2D eigenvalue weighted by molar-refractivity contribution is -0.117. The Morgan fingerprint density at radius 1 is 1.38 bits per heavy atom. The van der Waals surface area contributed by atoms with Gasteiger partial charge in [-0.2, -0.15) is 5.10 Å². The number of likely N-dealkylation sites (N-methyl/N-ethyl adjacent to an activating group) is 1. The smallest absolute Gasteiger partial charge is 0.327 e. The predicted molar refractivity (Wildman–Crippen MR) is 108 cm³/mol. The van der Waals surface area contributed by atoms with E-state index in [9.17, 15) is 14.0 Å². The van der Waals surface area contributed by atoms with Gasteiger partial charge >= 0.3 is 5.69 Å². The minimum absolute atomic E-state index is 0.0281. The van der Waals surface area contributed by atoms with Gasteiger partial charge in [-0.05, 0) is 23.8 Å². The maximum absolute atomic E-state index is 12.7. The summed E-state index contributed by atoms with van der Waals surface area (Å²) in [6.07, 6.45) is 3.96. The van der Waals surface area contributed by atoms with E-state index in [1.807, 2.05) is 18.2 Å². The average Bonchev–Trinajstić information content (AvgIpc) is 3.40. The number of rotatable bonds is 6. The zero-order valence-corrected chi connectivity index (χ0v) is 16.5. The molecule has 1 aliphatic rings. The monoisotopic (exact) mass is 414 g/mol. The second kappa shape index (κ2) is 7.72. The number of thiophene rings is 1. The van der Waals surface area contributed by atoms with E-state index in [4.69, 9.17) is 5.73 Å². The normalized spacial score (nSPS) is 14.0. The van der Waals surface area contributed by atoms with E-state index in [0.717, 1.165) is 20.9 Å². The highest BCUT2D eigenvalue weighted by atomic mass is 32.1. The Morgan fingerprint density at radius 3 is 2.97 bits per heavy atom. The number of pyridine rings is 1. The number of anilines is 1. The summed E-state index contributed by atoms with van der Waals surface area (Å²) < 4.78 is 15.4. The van der Waals surface area contributed by atoms with Crippen molar-refractivity contribution in [2.75, 3.05) is 18.5 Å². The lowest BCUT2D eigenvalue weighted by atomic mass is 10.1. The van der Waals surface area contributed by atoms with Crippen LogP contribution in [-0.4, -0.2) is 38.8 Å². The van der Waals surface area contributed by atoms with Crippen molar-refractivity contribution in [3.8, 4) is 10.4 Å². The van der Waals surface area contributed by atoms with Crippen molar-refractivity contribution in [1.82, 2.24) is 19.3 Å². The second-order valence-electron chi connectivity index (χ2n) is 6.77. The van der Waals surface area contributed by atoms with Crippen LogP contribution in [0, 0.1) is 0 Å². The number of hydrogen-bond acceptors (Lipinski definition) is 6. The van der Waals surface area contributed by atoms with Gasteiger partial charge in [0.05, 0.1) is 25.8 Å². The van der Waals surface area contributed by atoms with Gasteiger partial charge in [-0.15, -0.1) is 11.3 Å². The van der Waals surface area contributed by atoms with E-state index in [1.54, 1.807) is 29.5 Å². The first-order chi connectivity index (χ1) is 14.0. The number of nitrogens with zero attached hydrogens (tertiary/aromatic N) is 5. The summed E-state index contributed by atoms with van der Waals surface area (Å²) in [4.78, 5) is 32.2. The van der Waals surface area contributed by atoms with E-state index < -0.39 is 0 Å². The molecule has 4 heterocycles. The molecule has 0 saturated carbocycles. The molecule has 0 aliphatic carbocycles. The highest BCUT2D eigenvalue weighted by molar-refractivity contribution is 7.15. The Labute approximate surface area is 169 Å². The number of halogens is 1. The first-order valence-corrected chi connectivity index (χ1v) is 9.76. The molecule has 3 aromatic heterocycles. The summed E-state index contributed by atoms with van der Waals surface area (Å²) in [5.41, 5.74) is 7.26. The van der Waals surface area contributed by atoms with E-state index in [1.165, 1.54) is 15.6 Å². The standard InChI is InChI=1S/C19H19FN6O2S/c1-24-17(27)5-13-4-14(8-22-18(13)24)16-3-2-15(29-16)10-25-11-23-26(19(25)28)9-12(6-20)7-21/h2-4,6,8,11H,5,7,9-10,21H2,1H3/b12-6+. The number of nitrogens with two attached hydrogens (primary N) is 1.